The van der Waals surface area contributed by atoms with Gasteiger partial charge in [-0.1, -0.05) is 44.2 Å². The van der Waals surface area contributed by atoms with Crippen molar-refractivity contribution >= 4 is 26.0 Å². The number of carbonyl (C=O) groups is 1. The summed E-state index contributed by atoms with van der Waals surface area (Å²) in [5.74, 6) is -0.317. The molecule has 0 unspecified atom stereocenters. The molecule has 3 aliphatic rings. The van der Waals surface area contributed by atoms with Crippen LogP contribution in [0.1, 0.15) is 38.7 Å². The van der Waals surface area contributed by atoms with Crippen LogP contribution in [0.25, 0.3) is 0 Å². The van der Waals surface area contributed by atoms with Crippen LogP contribution in [0.2, 0.25) is 0 Å². The van der Waals surface area contributed by atoms with Crippen molar-refractivity contribution in [1.29, 1.82) is 0 Å². The van der Waals surface area contributed by atoms with Crippen LogP contribution in [-0.4, -0.2) is 57.6 Å². The average Bonchev–Trinajstić information content (AvgIpc) is 3.31. The number of piperidine rings is 1. The molecule has 4 bridgehead atoms. The topological polar surface area (TPSA) is 101 Å². The number of hydrogen-bond donors (Lipinski definition) is 0. The summed E-state index contributed by atoms with van der Waals surface area (Å²) in [5, 5.41) is 0. The summed E-state index contributed by atoms with van der Waals surface area (Å²) in [7, 11) is -4.68. The Morgan fingerprint density at radius 1 is 1.03 bits per heavy atom. The van der Waals surface area contributed by atoms with Gasteiger partial charge < -0.3 is 4.74 Å². The Bertz CT molecular complexity index is 1430. The van der Waals surface area contributed by atoms with Gasteiger partial charge in [0.2, 0.25) is 20.0 Å². The van der Waals surface area contributed by atoms with Crippen LogP contribution < -0.4 is 0 Å². The number of sulfonamides is 2. The van der Waals surface area contributed by atoms with Gasteiger partial charge >= 0.3 is 5.97 Å². The van der Waals surface area contributed by atoms with E-state index in [1.807, 2.05) is 6.92 Å². The lowest BCUT2D eigenvalue weighted by Crippen LogP contribution is -2.61. The molecule has 2 saturated carbocycles. The molecular formula is C26H32N2O6S2. The van der Waals surface area contributed by atoms with E-state index in [-0.39, 0.29) is 34.3 Å². The van der Waals surface area contributed by atoms with Gasteiger partial charge in [0.05, 0.1) is 9.79 Å². The maximum atomic E-state index is 14.0. The summed E-state index contributed by atoms with van der Waals surface area (Å²) in [6.07, 6.45) is 2.15. The Morgan fingerprint density at radius 3 is 2.33 bits per heavy atom. The van der Waals surface area contributed by atoms with Crippen LogP contribution >= 0.6 is 0 Å². The molecule has 36 heavy (non-hydrogen) atoms. The minimum absolute atomic E-state index is 0.104. The molecule has 0 aromatic heterocycles. The molecule has 8 nitrogen and oxygen atoms in total. The second kappa shape index (κ2) is 8.11. The van der Waals surface area contributed by atoms with Crippen molar-refractivity contribution in [3.05, 3.63) is 60.2 Å². The van der Waals surface area contributed by atoms with E-state index >= 15 is 0 Å². The number of rotatable bonds is 7. The standard InChI is InChI=1S/C26H32N2O6S2/c1-24-18-28(36(32,33)21-10-6-5-7-11-21)26(16-20(24)13-14-25(24,26)2)23(29)34-17-19-9-8-12-22(15-19)35(30,31)27(3)4/h5-12,15,20H,13-14,16-18H2,1-4H3/t20-,24+,25+,26+/m1/s1. The van der Waals surface area contributed by atoms with Crippen LogP contribution in [0, 0.1) is 16.7 Å². The van der Waals surface area contributed by atoms with Crippen molar-refractivity contribution in [1.82, 2.24) is 8.61 Å². The first-order chi connectivity index (χ1) is 16.8. The van der Waals surface area contributed by atoms with E-state index in [4.69, 9.17) is 4.74 Å². The van der Waals surface area contributed by atoms with E-state index in [0.717, 1.165) is 17.1 Å². The average molecular weight is 533 g/mol. The van der Waals surface area contributed by atoms with Crippen molar-refractivity contribution in [3.8, 4) is 0 Å². The molecule has 10 heteroatoms. The number of benzene rings is 2. The largest absolute Gasteiger partial charge is 0.459 e. The molecule has 2 aromatic carbocycles. The SMILES string of the molecule is CN(C)S(=O)(=O)c1cccc(COC(=O)[C@@]23C[C@H]4CC[C@@]2(C)[C@@]4(C)CN3S(=O)(=O)c2ccccc2)c1. The smallest absolute Gasteiger partial charge is 0.328 e. The van der Waals surface area contributed by atoms with E-state index in [1.165, 1.54) is 30.5 Å². The molecule has 2 aromatic rings. The van der Waals surface area contributed by atoms with Crippen LogP contribution in [0.3, 0.4) is 0 Å². The summed E-state index contributed by atoms with van der Waals surface area (Å²) in [5.41, 5.74) is -1.66. The molecule has 3 fully saturated rings. The van der Waals surface area contributed by atoms with E-state index in [9.17, 15) is 21.6 Å². The van der Waals surface area contributed by atoms with Gasteiger partial charge in [-0.25, -0.2) is 25.9 Å². The fourth-order valence-electron chi connectivity index (χ4n) is 6.91. The first kappa shape index (κ1) is 25.4. The first-order valence-corrected chi connectivity index (χ1v) is 15.0. The van der Waals surface area contributed by atoms with E-state index < -0.39 is 37.0 Å². The highest BCUT2D eigenvalue weighted by Crippen LogP contribution is 2.76. The molecule has 4 atom stereocenters. The minimum Gasteiger partial charge on any atom is -0.459 e. The van der Waals surface area contributed by atoms with Crippen molar-refractivity contribution in [2.24, 2.45) is 16.7 Å². The predicted molar refractivity (Wildman–Crippen MR) is 134 cm³/mol. The molecule has 194 valence electrons. The third-order valence-electron chi connectivity index (χ3n) is 9.22. The van der Waals surface area contributed by atoms with Crippen molar-refractivity contribution in [2.75, 3.05) is 20.6 Å². The maximum Gasteiger partial charge on any atom is 0.328 e. The highest BCUT2D eigenvalue weighted by Gasteiger charge is 2.82. The quantitative estimate of drug-likeness (QED) is 0.508. The maximum absolute atomic E-state index is 14.0. The van der Waals surface area contributed by atoms with Gasteiger partial charge in [-0.3, -0.25) is 0 Å². The highest BCUT2D eigenvalue weighted by molar-refractivity contribution is 7.89. The summed E-state index contributed by atoms with van der Waals surface area (Å²) < 4.78 is 61.1. The Kier molecular flexibility index (Phi) is 5.72. The molecule has 0 amide bonds. The van der Waals surface area contributed by atoms with Crippen LogP contribution in [0.4, 0.5) is 0 Å². The van der Waals surface area contributed by atoms with Gasteiger partial charge in [-0.2, -0.15) is 4.31 Å². The Labute approximate surface area is 213 Å². The van der Waals surface area contributed by atoms with Gasteiger partial charge in [0.1, 0.15) is 12.1 Å². The van der Waals surface area contributed by atoms with Crippen LogP contribution in [0.5, 0.6) is 0 Å². The molecule has 5 rings (SSSR count). The lowest BCUT2D eigenvalue weighted by molar-refractivity contribution is -0.162. The van der Waals surface area contributed by atoms with Gasteiger partial charge in [-0.05, 0) is 60.4 Å². The van der Waals surface area contributed by atoms with Gasteiger partial charge in [-0.15, -0.1) is 0 Å². The predicted octanol–water partition coefficient (Wildman–Crippen LogP) is 3.25. The van der Waals surface area contributed by atoms with Crippen molar-refractivity contribution < 1.29 is 26.4 Å². The Morgan fingerprint density at radius 2 is 1.69 bits per heavy atom. The summed E-state index contributed by atoms with van der Waals surface area (Å²) in [6, 6.07) is 14.5. The van der Waals surface area contributed by atoms with Gasteiger partial charge in [0.15, 0.2) is 0 Å². The van der Waals surface area contributed by atoms with Crippen LogP contribution in [-0.2, 0) is 36.2 Å². The number of esters is 1. The molecular weight excluding hydrogens is 500 g/mol. The lowest BCUT2D eigenvalue weighted by atomic mass is 9.66. The fraction of sp³-hybridized carbons (Fsp3) is 0.500. The molecule has 0 N–H and O–H groups in total. The van der Waals surface area contributed by atoms with Crippen molar-refractivity contribution in [2.45, 2.75) is 55.0 Å². The van der Waals surface area contributed by atoms with Crippen LogP contribution in [0.15, 0.2) is 64.4 Å². The summed E-state index contributed by atoms with van der Waals surface area (Å²) >= 11 is 0. The van der Waals surface area contributed by atoms with E-state index in [1.54, 1.807) is 42.5 Å². The zero-order valence-electron chi connectivity index (χ0n) is 21.0. The Hall–Kier alpha value is -2.27. The zero-order chi connectivity index (χ0) is 26.1. The third kappa shape index (κ3) is 3.20. The fourth-order valence-corrected chi connectivity index (χ4v) is 9.84. The number of hydrogen-bond acceptors (Lipinski definition) is 6. The molecule has 0 radical (unpaired) electrons. The summed E-state index contributed by atoms with van der Waals surface area (Å²) in [4.78, 5) is 14.2. The van der Waals surface area contributed by atoms with E-state index in [2.05, 4.69) is 6.92 Å². The van der Waals surface area contributed by atoms with E-state index in [0.29, 0.717) is 12.0 Å². The number of nitrogens with zero attached hydrogens (tertiary/aromatic N) is 2. The van der Waals surface area contributed by atoms with Gasteiger partial charge in [0.25, 0.3) is 0 Å². The third-order valence-corrected chi connectivity index (χ3v) is 12.9. The highest BCUT2D eigenvalue weighted by atomic mass is 32.2. The zero-order valence-corrected chi connectivity index (χ0v) is 22.6. The normalized spacial score (nSPS) is 31.8. The molecule has 1 heterocycles. The molecule has 2 aliphatic carbocycles. The number of ether oxygens (including phenoxy) is 1. The van der Waals surface area contributed by atoms with Crippen molar-refractivity contribution in [3.63, 3.8) is 0 Å². The lowest BCUT2D eigenvalue weighted by Gasteiger charge is -2.45. The van der Waals surface area contributed by atoms with Gasteiger partial charge in [0, 0.05) is 26.1 Å². The minimum atomic E-state index is -3.94. The second-order valence-electron chi connectivity index (χ2n) is 10.9. The molecule has 1 aliphatic heterocycles. The monoisotopic (exact) mass is 532 g/mol. The molecule has 0 spiro atoms. The first-order valence-electron chi connectivity index (χ1n) is 12.1. The second-order valence-corrected chi connectivity index (χ2v) is 14.9. The summed E-state index contributed by atoms with van der Waals surface area (Å²) in [6.45, 7) is 4.27. The Balaban J connectivity index is 1.49. The molecule has 1 saturated heterocycles. The number of carbonyl (C=O) groups excluding carboxylic acids is 1.